The van der Waals surface area contributed by atoms with E-state index >= 15 is 0 Å². The summed E-state index contributed by atoms with van der Waals surface area (Å²) in [7, 11) is 0. The number of nitrogens with one attached hydrogen (secondary N) is 2. The summed E-state index contributed by atoms with van der Waals surface area (Å²) in [5.74, 6) is -0.199. The van der Waals surface area contributed by atoms with Crippen LogP contribution >= 0.6 is 11.6 Å². The number of para-hydroxylation sites is 1. The number of piperazine rings is 1. The Hall–Kier alpha value is -2.11. The molecule has 1 heterocycles. The van der Waals surface area contributed by atoms with Crippen LogP contribution in [0, 0.1) is 5.82 Å². The highest BCUT2D eigenvalue weighted by Gasteiger charge is 2.21. The van der Waals surface area contributed by atoms with Gasteiger partial charge in [-0.25, -0.2) is 4.39 Å². The maximum absolute atomic E-state index is 14.7. The van der Waals surface area contributed by atoms with Gasteiger partial charge in [0.2, 0.25) is 0 Å². The Morgan fingerprint density at radius 1 is 1.23 bits per heavy atom. The predicted octanol–water partition coefficient (Wildman–Crippen LogP) is 3.04. The topological polar surface area (TPSA) is 32.1 Å². The highest BCUT2D eigenvalue weighted by Crippen LogP contribution is 2.22. The molecule has 6 heteroatoms. The van der Waals surface area contributed by atoms with E-state index in [2.05, 4.69) is 22.4 Å². The fourth-order valence-corrected chi connectivity index (χ4v) is 3.34. The molecule has 1 saturated heterocycles. The second-order valence-electron chi connectivity index (χ2n) is 6.55. The highest BCUT2D eigenvalue weighted by molar-refractivity contribution is 6.33. The van der Waals surface area contributed by atoms with E-state index in [4.69, 9.17) is 11.6 Å². The molecule has 0 unspecified atom stereocenters. The molecule has 1 fully saturated rings. The first kappa shape index (κ1) is 18.7. The van der Waals surface area contributed by atoms with Crippen LogP contribution in [0.15, 0.2) is 47.6 Å². The van der Waals surface area contributed by atoms with Crippen molar-refractivity contribution in [2.75, 3.05) is 43.0 Å². The molecule has 0 spiro atoms. The van der Waals surface area contributed by atoms with Crippen LogP contribution in [0.5, 0.6) is 0 Å². The number of hydrogen-bond acceptors (Lipinski definition) is 3. The van der Waals surface area contributed by atoms with Gasteiger partial charge in [0.15, 0.2) is 0 Å². The van der Waals surface area contributed by atoms with Gasteiger partial charge in [0, 0.05) is 5.56 Å². The molecule has 4 nitrogen and oxygen atoms in total. The first-order valence-electron chi connectivity index (χ1n) is 9.01. The number of rotatable bonds is 5. The number of likely N-dealkylation sites (N-methyl/N-ethyl adjacent to an activating group) is 1. The molecular formula is C20H25ClFN4+. The maximum Gasteiger partial charge on any atom is 0.147 e. The lowest BCUT2D eigenvalue weighted by atomic mass is 10.1. The van der Waals surface area contributed by atoms with Crippen molar-refractivity contribution in [1.82, 2.24) is 0 Å². The molecular weight excluding hydrogens is 351 g/mol. The molecule has 0 aromatic heterocycles. The summed E-state index contributed by atoms with van der Waals surface area (Å²) in [6, 6.07) is 12.7. The van der Waals surface area contributed by atoms with Gasteiger partial charge in [0.05, 0.1) is 54.8 Å². The molecule has 0 radical (unpaired) electrons. The SMILES string of the molecule is CC[NH+]1CCN(c2ccc(/C(C)=N\Nc3ccccc3Cl)cc2F)CC1. The van der Waals surface area contributed by atoms with Crippen molar-refractivity contribution in [1.29, 1.82) is 0 Å². The number of benzene rings is 2. The van der Waals surface area contributed by atoms with Gasteiger partial charge in [-0.3, -0.25) is 5.43 Å². The number of anilines is 2. The number of hydrogen-bond donors (Lipinski definition) is 2. The minimum Gasteiger partial charge on any atom is -0.358 e. The zero-order valence-electron chi connectivity index (χ0n) is 15.2. The Morgan fingerprint density at radius 2 is 1.96 bits per heavy atom. The molecule has 2 aromatic rings. The maximum atomic E-state index is 14.7. The Kier molecular flexibility index (Phi) is 6.12. The predicted molar refractivity (Wildman–Crippen MR) is 107 cm³/mol. The highest BCUT2D eigenvalue weighted by atomic mass is 35.5. The van der Waals surface area contributed by atoms with Crippen molar-refractivity contribution in [3.63, 3.8) is 0 Å². The molecule has 0 aliphatic carbocycles. The molecule has 1 aliphatic heterocycles. The summed E-state index contributed by atoms with van der Waals surface area (Å²) >= 11 is 6.11. The lowest BCUT2D eigenvalue weighted by Gasteiger charge is -2.33. The largest absolute Gasteiger partial charge is 0.358 e. The third kappa shape index (κ3) is 4.34. The van der Waals surface area contributed by atoms with Crippen LogP contribution in [0.1, 0.15) is 19.4 Å². The van der Waals surface area contributed by atoms with Crippen molar-refractivity contribution in [2.24, 2.45) is 5.10 Å². The third-order valence-electron chi connectivity index (χ3n) is 4.89. The van der Waals surface area contributed by atoms with Crippen molar-refractivity contribution in [3.05, 3.63) is 58.9 Å². The summed E-state index contributed by atoms with van der Waals surface area (Å²) in [6.45, 7) is 9.06. The van der Waals surface area contributed by atoms with E-state index in [1.54, 1.807) is 17.0 Å². The monoisotopic (exact) mass is 375 g/mol. The number of nitrogens with zero attached hydrogens (tertiary/aromatic N) is 2. The second kappa shape index (κ2) is 8.52. The first-order valence-corrected chi connectivity index (χ1v) is 9.39. The Morgan fingerprint density at radius 3 is 2.62 bits per heavy atom. The molecule has 3 rings (SSSR count). The zero-order valence-corrected chi connectivity index (χ0v) is 16.0. The van der Waals surface area contributed by atoms with Gasteiger partial charge >= 0.3 is 0 Å². The van der Waals surface area contributed by atoms with Crippen LogP contribution in [0.4, 0.5) is 15.8 Å². The van der Waals surface area contributed by atoms with Crippen molar-refractivity contribution >= 4 is 28.7 Å². The van der Waals surface area contributed by atoms with Crippen LogP contribution in [0.3, 0.4) is 0 Å². The van der Waals surface area contributed by atoms with E-state index in [1.165, 1.54) is 0 Å². The van der Waals surface area contributed by atoms with E-state index in [0.29, 0.717) is 16.4 Å². The van der Waals surface area contributed by atoms with Gasteiger partial charge < -0.3 is 9.80 Å². The molecule has 2 aromatic carbocycles. The van der Waals surface area contributed by atoms with E-state index < -0.39 is 0 Å². The molecule has 26 heavy (non-hydrogen) atoms. The van der Waals surface area contributed by atoms with Crippen molar-refractivity contribution in [3.8, 4) is 0 Å². The van der Waals surface area contributed by atoms with Crippen LogP contribution in [0.25, 0.3) is 0 Å². The summed E-state index contributed by atoms with van der Waals surface area (Å²) < 4.78 is 14.7. The van der Waals surface area contributed by atoms with E-state index in [-0.39, 0.29) is 5.82 Å². The van der Waals surface area contributed by atoms with Gasteiger partial charge in [-0.1, -0.05) is 29.8 Å². The number of halogens is 2. The molecule has 1 aliphatic rings. The summed E-state index contributed by atoms with van der Waals surface area (Å²) in [5.41, 5.74) is 5.80. The Bertz CT molecular complexity index is 785. The van der Waals surface area contributed by atoms with Gasteiger partial charge in [-0.2, -0.15) is 5.10 Å². The average Bonchev–Trinajstić information content (AvgIpc) is 2.67. The van der Waals surface area contributed by atoms with E-state index in [9.17, 15) is 4.39 Å². The summed E-state index contributed by atoms with van der Waals surface area (Å²) in [6.07, 6.45) is 0. The quantitative estimate of drug-likeness (QED) is 0.622. The zero-order chi connectivity index (χ0) is 18.5. The summed E-state index contributed by atoms with van der Waals surface area (Å²) in [4.78, 5) is 3.71. The molecule has 2 N–H and O–H groups in total. The van der Waals surface area contributed by atoms with Crippen LogP contribution < -0.4 is 15.2 Å². The van der Waals surface area contributed by atoms with Crippen molar-refractivity contribution < 1.29 is 9.29 Å². The normalized spacial score (nSPS) is 16.0. The molecule has 0 atom stereocenters. The lowest BCUT2D eigenvalue weighted by molar-refractivity contribution is -0.898. The molecule has 0 saturated carbocycles. The van der Waals surface area contributed by atoms with Gasteiger partial charge in [0.1, 0.15) is 5.82 Å². The Labute approximate surface area is 159 Å². The minimum absolute atomic E-state index is 0.199. The number of hydrazone groups is 1. The Balaban J connectivity index is 1.70. The first-order chi connectivity index (χ1) is 12.6. The molecule has 0 amide bonds. The molecule has 138 valence electrons. The minimum atomic E-state index is -0.199. The second-order valence-corrected chi connectivity index (χ2v) is 6.95. The van der Waals surface area contributed by atoms with Crippen molar-refractivity contribution in [2.45, 2.75) is 13.8 Å². The van der Waals surface area contributed by atoms with Gasteiger partial charge in [-0.15, -0.1) is 0 Å². The average molecular weight is 376 g/mol. The number of quaternary nitrogens is 1. The van der Waals surface area contributed by atoms with E-state index in [0.717, 1.165) is 44.0 Å². The third-order valence-corrected chi connectivity index (χ3v) is 5.22. The van der Waals surface area contributed by atoms with Gasteiger partial charge in [-0.05, 0) is 38.1 Å². The fraction of sp³-hybridized carbons (Fsp3) is 0.350. The van der Waals surface area contributed by atoms with E-state index in [1.807, 2.05) is 37.3 Å². The standard InChI is InChI=1S/C20H24ClFN4/c1-3-25-10-12-26(13-11-25)20-9-8-16(14-18(20)22)15(2)23-24-19-7-5-4-6-17(19)21/h4-9,14,24H,3,10-13H2,1-2H3/p+1/b23-15-. The summed E-state index contributed by atoms with van der Waals surface area (Å²) in [5, 5.41) is 4.92. The lowest BCUT2D eigenvalue weighted by Crippen LogP contribution is -3.14. The smallest absolute Gasteiger partial charge is 0.147 e. The molecule has 0 bridgehead atoms. The fourth-order valence-electron chi connectivity index (χ4n) is 3.17. The van der Waals surface area contributed by atoms with Crippen LogP contribution in [-0.4, -0.2) is 38.4 Å². The van der Waals surface area contributed by atoms with Crippen LogP contribution in [-0.2, 0) is 0 Å². The van der Waals surface area contributed by atoms with Crippen LogP contribution in [0.2, 0.25) is 5.02 Å². The van der Waals surface area contributed by atoms with Gasteiger partial charge in [0.25, 0.3) is 0 Å².